The van der Waals surface area contributed by atoms with Gasteiger partial charge in [-0.1, -0.05) is 32.9 Å². The van der Waals surface area contributed by atoms with Crippen molar-refractivity contribution in [3.05, 3.63) is 71.3 Å². The lowest BCUT2D eigenvalue weighted by Gasteiger charge is -2.17. The highest BCUT2D eigenvalue weighted by molar-refractivity contribution is 6.03. The first kappa shape index (κ1) is 23.8. The first-order valence-electron chi connectivity index (χ1n) is 11.7. The summed E-state index contributed by atoms with van der Waals surface area (Å²) in [5, 5.41) is 7.67. The summed E-state index contributed by atoms with van der Waals surface area (Å²) in [5.41, 5.74) is 2.48. The summed E-state index contributed by atoms with van der Waals surface area (Å²) in [6.07, 6.45) is 4.55. The van der Waals surface area contributed by atoms with Crippen LogP contribution in [0, 0.1) is 5.82 Å². The van der Waals surface area contributed by atoms with Gasteiger partial charge in [-0.05, 0) is 61.6 Å². The lowest BCUT2D eigenvalue weighted by Crippen LogP contribution is -2.19. The molecule has 0 atom stereocenters. The molecule has 34 heavy (non-hydrogen) atoms. The first-order valence-corrected chi connectivity index (χ1v) is 11.7. The van der Waals surface area contributed by atoms with Crippen molar-refractivity contribution in [1.29, 1.82) is 0 Å². The molecule has 3 aromatic rings. The minimum Gasteiger partial charge on any atom is -0.493 e. The maximum Gasteiger partial charge on any atom is 0.273 e. The van der Waals surface area contributed by atoms with Crippen LogP contribution < -0.4 is 14.8 Å². The third-order valence-corrected chi connectivity index (χ3v) is 6.04. The Bertz CT molecular complexity index is 1140. The molecule has 1 fully saturated rings. The molecule has 1 heterocycles. The van der Waals surface area contributed by atoms with E-state index in [2.05, 4.69) is 26.1 Å². The molecule has 1 aromatic heterocycles. The molecule has 1 aliphatic carbocycles. The maximum absolute atomic E-state index is 13.3. The minimum absolute atomic E-state index is 0.173. The van der Waals surface area contributed by atoms with Crippen molar-refractivity contribution in [3.8, 4) is 11.5 Å². The lowest BCUT2D eigenvalue weighted by atomic mass is 9.92. The SMILES string of the molecule is COc1ccc(NC(=O)c2cc(C(C)(C)C)nn2Cc2ccc(F)cc2)cc1OC1CCCC1. The standard InChI is InChI=1S/C27H32FN3O3/c1-27(2,3)25-16-22(31(30-25)17-18-9-11-19(28)12-10-18)26(32)29-20-13-14-23(33-4)24(15-20)34-21-7-5-6-8-21/h9-16,21H,5-8,17H2,1-4H3,(H,29,32). The van der Waals surface area contributed by atoms with E-state index in [0.29, 0.717) is 29.4 Å². The highest BCUT2D eigenvalue weighted by atomic mass is 19.1. The smallest absolute Gasteiger partial charge is 0.273 e. The van der Waals surface area contributed by atoms with Gasteiger partial charge < -0.3 is 14.8 Å². The summed E-state index contributed by atoms with van der Waals surface area (Å²) in [4.78, 5) is 13.3. The van der Waals surface area contributed by atoms with Crippen LogP contribution in [0.3, 0.4) is 0 Å². The number of aromatic nitrogens is 2. The van der Waals surface area contributed by atoms with Crippen LogP contribution in [0.25, 0.3) is 0 Å². The fourth-order valence-corrected chi connectivity index (χ4v) is 4.08. The fraction of sp³-hybridized carbons (Fsp3) is 0.407. The highest BCUT2D eigenvalue weighted by Gasteiger charge is 2.24. The van der Waals surface area contributed by atoms with Crippen LogP contribution in [0.4, 0.5) is 10.1 Å². The number of anilines is 1. The van der Waals surface area contributed by atoms with Gasteiger partial charge in [0.1, 0.15) is 11.5 Å². The number of hydrogen-bond donors (Lipinski definition) is 1. The largest absolute Gasteiger partial charge is 0.493 e. The van der Waals surface area contributed by atoms with Gasteiger partial charge in [-0.25, -0.2) is 4.39 Å². The maximum atomic E-state index is 13.3. The fourth-order valence-electron chi connectivity index (χ4n) is 4.08. The van der Waals surface area contributed by atoms with E-state index in [-0.39, 0.29) is 23.2 Å². The molecule has 1 N–H and O–H groups in total. The second-order valence-corrected chi connectivity index (χ2v) is 9.79. The molecular formula is C27H32FN3O3. The number of rotatable bonds is 7. The number of hydrogen-bond acceptors (Lipinski definition) is 4. The lowest BCUT2D eigenvalue weighted by molar-refractivity contribution is 0.101. The average molecular weight is 466 g/mol. The molecule has 7 heteroatoms. The molecule has 6 nitrogen and oxygen atoms in total. The van der Waals surface area contributed by atoms with Gasteiger partial charge >= 0.3 is 0 Å². The van der Waals surface area contributed by atoms with Crippen molar-refractivity contribution >= 4 is 11.6 Å². The highest BCUT2D eigenvalue weighted by Crippen LogP contribution is 2.34. The van der Waals surface area contributed by atoms with E-state index in [0.717, 1.165) is 36.9 Å². The molecular weight excluding hydrogens is 433 g/mol. The van der Waals surface area contributed by atoms with Gasteiger partial charge in [0.2, 0.25) is 0 Å². The van der Waals surface area contributed by atoms with Crippen molar-refractivity contribution < 1.29 is 18.7 Å². The third kappa shape index (κ3) is 5.58. The topological polar surface area (TPSA) is 65.4 Å². The van der Waals surface area contributed by atoms with E-state index < -0.39 is 0 Å². The van der Waals surface area contributed by atoms with E-state index >= 15 is 0 Å². The molecule has 0 aliphatic heterocycles. The van der Waals surface area contributed by atoms with Gasteiger partial charge in [0.25, 0.3) is 5.91 Å². The number of carbonyl (C=O) groups is 1. The van der Waals surface area contributed by atoms with Crippen LogP contribution in [-0.4, -0.2) is 28.9 Å². The number of nitrogens with one attached hydrogen (secondary N) is 1. The molecule has 180 valence electrons. The van der Waals surface area contributed by atoms with E-state index in [4.69, 9.17) is 14.6 Å². The van der Waals surface area contributed by atoms with Gasteiger partial charge in [0.05, 0.1) is 25.5 Å². The Labute approximate surface area is 200 Å². The average Bonchev–Trinajstić information content (AvgIpc) is 3.45. The summed E-state index contributed by atoms with van der Waals surface area (Å²) in [6, 6.07) is 13.4. The summed E-state index contributed by atoms with van der Waals surface area (Å²) in [7, 11) is 1.61. The quantitative estimate of drug-likeness (QED) is 0.468. The van der Waals surface area contributed by atoms with Crippen molar-refractivity contribution in [2.45, 2.75) is 64.5 Å². The predicted molar refractivity (Wildman–Crippen MR) is 130 cm³/mol. The summed E-state index contributed by atoms with van der Waals surface area (Å²) in [5.74, 6) is 0.693. The van der Waals surface area contributed by atoms with Gasteiger partial charge in [-0.3, -0.25) is 9.48 Å². The molecule has 1 aliphatic rings. The number of benzene rings is 2. The molecule has 0 radical (unpaired) electrons. The van der Waals surface area contributed by atoms with Crippen molar-refractivity contribution in [2.24, 2.45) is 0 Å². The molecule has 4 rings (SSSR count). The third-order valence-electron chi connectivity index (χ3n) is 6.04. The minimum atomic E-state index is -0.298. The van der Waals surface area contributed by atoms with E-state index in [1.54, 1.807) is 42.1 Å². The van der Waals surface area contributed by atoms with Crippen molar-refractivity contribution in [1.82, 2.24) is 9.78 Å². The molecule has 2 aromatic carbocycles. The Morgan fingerprint density at radius 2 is 1.79 bits per heavy atom. The monoisotopic (exact) mass is 465 g/mol. The van der Waals surface area contributed by atoms with Gasteiger partial charge in [-0.2, -0.15) is 5.10 Å². The Morgan fingerprint density at radius 1 is 1.09 bits per heavy atom. The number of amides is 1. The van der Waals surface area contributed by atoms with Gasteiger partial charge in [-0.15, -0.1) is 0 Å². The second-order valence-electron chi connectivity index (χ2n) is 9.79. The molecule has 0 bridgehead atoms. The molecule has 0 saturated heterocycles. The van der Waals surface area contributed by atoms with Gasteiger partial charge in [0.15, 0.2) is 11.5 Å². The normalized spacial score (nSPS) is 14.3. The molecule has 0 unspecified atom stereocenters. The summed E-state index contributed by atoms with van der Waals surface area (Å²) < 4.78 is 26.6. The van der Waals surface area contributed by atoms with Gasteiger partial charge in [0, 0.05) is 17.2 Å². The summed E-state index contributed by atoms with van der Waals surface area (Å²) in [6.45, 7) is 6.51. The molecule has 1 saturated carbocycles. The summed E-state index contributed by atoms with van der Waals surface area (Å²) >= 11 is 0. The zero-order valence-corrected chi connectivity index (χ0v) is 20.2. The Hall–Kier alpha value is -3.35. The van der Waals surface area contributed by atoms with Crippen molar-refractivity contribution in [3.63, 3.8) is 0 Å². The van der Waals surface area contributed by atoms with Crippen LogP contribution in [0.15, 0.2) is 48.5 Å². The number of nitrogens with zero attached hydrogens (tertiary/aromatic N) is 2. The van der Waals surface area contributed by atoms with E-state index in [1.807, 2.05) is 6.07 Å². The Kier molecular flexibility index (Phi) is 6.91. The van der Waals surface area contributed by atoms with E-state index in [1.165, 1.54) is 12.1 Å². The van der Waals surface area contributed by atoms with Crippen LogP contribution in [-0.2, 0) is 12.0 Å². The number of carbonyl (C=O) groups excluding carboxylic acids is 1. The van der Waals surface area contributed by atoms with E-state index in [9.17, 15) is 9.18 Å². The number of methoxy groups -OCH3 is 1. The molecule has 1 amide bonds. The Morgan fingerprint density at radius 3 is 2.44 bits per heavy atom. The predicted octanol–water partition coefficient (Wildman–Crippen LogP) is 5.95. The van der Waals surface area contributed by atoms with Crippen LogP contribution in [0.5, 0.6) is 11.5 Å². The zero-order valence-electron chi connectivity index (χ0n) is 20.2. The zero-order chi connectivity index (χ0) is 24.3. The van der Waals surface area contributed by atoms with Crippen molar-refractivity contribution in [2.75, 3.05) is 12.4 Å². The first-order chi connectivity index (χ1) is 16.2. The number of halogens is 1. The number of ether oxygens (including phenoxy) is 2. The van der Waals surface area contributed by atoms with Crippen LogP contribution in [0.1, 0.15) is 68.2 Å². The Balaban J connectivity index is 1.59. The second kappa shape index (κ2) is 9.87. The van der Waals surface area contributed by atoms with Crippen LogP contribution in [0.2, 0.25) is 0 Å². The molecule has 0 spiro atoms. The van der Waals surface area contributed by atoms with Crippen LogP contribution >= 0.6 is 0 Å².